The molecular formula is C20H25N3O3. The molecule has 26 heavy (non-hydrogen) atoms. The van der Waals surface area contributed by atoms with E-state index in [4.69, 9.17) is 9.47 Å². The van der Waals surface area contributed by atoms with E-state index < -0.39 is 0 Å². The Hall–Kier alpha value is -2.44. The van der Waals surface area contributed by atoms with Gasteiger partial charge in [-0.1, -0.05) is 12.1 Å². The number of carbonyl (C=O) groups excluding carboxylic acids is 1. The van der Waals surface area contributed by atoms with Crippen LogP contribution in [0.4, 0.5) is 0 Å². The zero-order valence-corrected chi connectivity index (χ0v) is 15.3. The minimum absolute atomic E-state index is 0.0892. The van der Waals surface area contributed by atoms with Crippen LogP contribution in [0.3, 0.4) is 0 Å². The molecule has 1 aromatic carbocycles. The number of aromatic nitrogens is 1. The van der Waals surface area contributed by atoms with Crippen LogP contribution in [0.25, 0.3) is 11.3 Å². The first-order chi connectivity index (χ1) is 12.7. The van der Waals surface area contributed by atoms with E-state index in [9.17, 15) is 4.79 Å². The molecule has 2 aromatic rings. The number of hydrogen-bond acceptors (Lipinski definition) is 5. The molecule has 0 spiro atoms. The van der Waals surface area contributed by atoms with Crippen molar-refractivity contribution in [3.63, 3.8) is 0 Å². The van der Waals surface area contributed by atoms with Crippen LogP contribution in [0.5, 0.6) is 5.75 Å². The number of likely N-dealkylation sites (N-methyl/N-ethyl adjacent to an activating group) is 1. The Morgan fingerprint density at radius 1 is 1.38 bits per heavy atom. The van der Waals surface area contributed by atoms with Gasteiger partial charge in [-0.2, -0.15) is 0 Å². The van der Waals surface area contributed by atoms with E-state index in [-0.39, 0.29) is 5.91 Å². The summed E-state index contributed by atoms with van der Waals surface area (Å²) in [5, 5.41) is 3.03. The van der Waals surface area contributed by atoms with E-state index in [1.54, 1.807) is 13.3 Å². The van der Waals surface area contributed by atoms with E-state index >= 15 is 0 Å². The first-order valence-corrected chi connectivity index (χ1v) is 8.81. The Balaban J connectivity index is 1.68. The molecule has 6 heteroatoms. The van der Waals surface area contributed by atoms with Gasteiger partial charge in [-0.3, -0.25) is 9.78 Å². The summed E-state index contributed by atoms with van der Waals surface area (Å²) in [5.41, 5.74) is 2.19. The van der Waals surface area contributed by atoms with E-state index in [1.807, 2.05) is 36.4 Å². The van der Waals surface area contributed by atoms with Gasteiger partial charge in [-0.05, 0) is 31.3 Å². The van der Waals surface area contributed by atoms with Gasteiger partial charge in [0, 0.05) is 42.9 Å². The second-order valence-corrected chi connectivity index (χ2v) is 6.55. The number of nitrogens with one attached hydrogen (secondary N) is 1. The summed E-state index contributed by atoms with van der Waals surface area (Å²) in [6.45, 7) is 3.87. The lowest BCUT2D eigenvalue weighted by Gasteiger charge is -2.19. The molecule has 1 N–H and O–H groups in total. The van der Waals surface area contributed by atoms with Crippen molar-refractivity contribution in [1.82, 2.24) is 15.2 Å². The Morgan fingerprint density at radius 2 is 2.27 bits per heavy atom. The first kappa shape index (κ1) is 18.4. The number of nitrogens with zero attached hydrogens (tertiary/aromatic N) is 2. The third-order valence-electron chi connectivity index (χ3n) is 4.48. The third kappa shape index (κ3) is 4.59. The van der Waals surface area contributed by atoms with Gasteiger partial charge in [0.15, 0.2) is 0 Å². The third-order valence-corrected chi connectivity index (χ3v) is 4.48. The van der Waals surface area contributed by atoms with Gasteiger partial charge in [0.1, 0.15) is 11.4 Å². The molecule has 1 amide bonds. The molecule has 1 fully saturated rings. The van der Waals surface area contributed by atoms with Crippen LogP contribution in [0.2, 0.25) is 0 Å². The van der Waals surface area contributed by atoms with Gasteiger partial charge in [-0.25, -0.2) is 0 Å². The summed E-state index contributed by atoms with van der Waals surface area (Å²) in [5.74, 6) is 0.892. The highest BCUT2D eigenvalue weighted by Gasteiger charge is 2.17. The average molecular weight is 355 g/mol. The summed E-state index contributed by atoms with van der Waals surface area (Å²) in [6.07, 6.45) is 1.72. The van der Waals surface area contributed by atoms with Gasteiger partial charge in [0.2, 0.25) is 0 Å². The molecule has 1 aromatic heterocycles. The monoisotopic (exact) mass is 355 g/mol. The second kappa shape index (κ2) is 8.78. The van der Waals surface area contributed by atoms with Gasteiger partial charge in [0.05, 0.1) is 20.3 Å². The fourth-order valence-corrected chi connectivity index (χ4v) is 3.10. The van der Waals surface area contributed by atoms with Gasteiger partial charge >= 0.3 is 0 Å². The highest BCUT2D eigenvalue weighted by atomic mass is 16.5. The van der Waals surface area contributed by atoms with E-state index in [0.29, 0.717) is 30.4 Å². The van der Waals surface area contributed by atoms with Gasteiger partial charge < -0.3 is 19.7 Å². The lowest BCUT2D eigenvalue weighted by Crippen LogP contribution is -2.35. The summed E-state index contributed by atoms with van der Waals surface area (Å²) in [4.78, 5) is 19.2. The predicted molar refractivity (Wildman–Crippen MR) is 100 cm³/mol. The van der Waals surface area contributed by atoms with Crippen molar-refractivity contribution in [2.75, 3.05) is 47.0 Å². The summed E-state index contributed by atoms with van der Waals surface area (Å²) in [7, 11) is 3.69. The molecule has 0 unspecified atom stereocenters. The summed E-state index contributed by atoms with van der Waals surface area (Å²) >= 11 is 0. The van der Waals surface area contributed by atoms with Crippen molar-refractivity contribution >= 4 is 5.91 Å². The molecule has 3 rings (SSSR count). The summed E-state index contributed by atoms with van der Waals surface area (Å²) < 4.78 is 11.0. The van der Waals surface area contributed by atoms with Crippen LogP contribution >= 0.6 is 0 Å². The van der Waals surface area contributed by atoms with Gasteiger partial charge in [0.25, 0.3) is 5.91 Å². The van der Waals surface area contributed by atoms with Crippen molar-refractivity contribution in [1.29, 1.82) is 0 Å². The highest BCUT2D eigenvalue weighted by Crippen LogP contribution is 2.27. The van der Waals surface area contributed by atoms with Crippen LogP contribution in [0, 0.1) is 5.92 Å². The minimum atomic E-state index is -0.0892. The number of pyridine rings is 1. The first-order valence-electron chi connectivity index (χ1n) is 8.81. The molecular weight excluding hydrogens is 330 g/mol. The molecule has 2 heterocycles. The molecule has 138 valence electrons. The number of rotatable bonds is 5. The topological polar surface area (TPSA) is 63.7 Å². The van der Waals surface area contributed by atoms with Crippen LogP contribution in [0.15, 0.2) is 42.6 Å². The molecule has 1 aliphatic heterocycles. The fraction of sp³-hybridized carbons (Fsp3) is 0.400. The van der Waals surface area contributed by atoms with Crippen LogP contribution in [-0.2, 0) is 4.74 Å². The highest BCUT2D eigenvalue weighted by molar-refractivity contribution is 5.95. The molecule has 0 aliphatic carbocycles. The standard InChI is InChI=1S/C20H25N3O3/c1-23-9-10-26-14-15(13-23)12-22-20(24)17-6-3-5-16(11-17)19-18(25-2)7-4-8-21-19/h3-8,11,15H,9-10,12-14H2,1-2H3,(H,22,24)/t15-/m1/s1. The smallest absolute Gasteiger partial charge is 0.251 e. The predicted octanol–water partition coefficient (Wildman–Crippen LogP) is 2.07. The fourth-order valence-electron chi connectivity index (χ4n) is 3.10. The Kier molecular flexibility index (Phi) is 6.20. The van der Waals surface area contributed by atoms with Crippen molar-refractivity contribution in [2.45, 2.75) is 0 Å². The molecule has 0 bridgehead atoms. The molecule has 1 saturated heterocycles. The second-order valence-electron chi connectivity index (χ2n) is 6.55. The number of ether oxygens (including phenoxy) is 2. The quantitative estimate of drug-likeness (QED) is 0.890. The maximum Gasteiger partial charge on any atom is 0.251 e. The Bertz CT molecular complexity index is 751. The van der Waals surface area contributed by atoms with Crippen LogP contribution < -0.4 is 10.1 Å². The van der Waals surface area contributed by atoms with Crippen molar-refractivity contribution < 1.29 is 14.3 Å². The lowest BCUT2D eigenvalue weighted by molar-refractivity contribution is 0.0921. The molecule has 0 radical (unpaired) electrons. The number of carbonyl (C=O) groups is 1. The number of methoxy groups -OCH3 is 1. The molecule has 0 saturated carbocycles. The van der Waals surface area contributed by atoms with E-state index in [2.05, 4.69) is 22.2 Å². The Labute approximate surface area is 154 Å². The SMILES string of the molecule is COc1cccnc1-c1cccc(C(=O)NC[C@H]2COCCN(C)C2)c1. The number of hydrogen-bond donors (Lipinski definition) is 1. The summed E-state index contributed by atoms with van der Waals surface area (Å²) in [6, 6.07) is 11.1. The molecule has 6 nitrogen and oxygen atoms in total. The average Bonchev–Trinajstić information content (AvgIpc) is 2.90. The van der Waals surface area contributed by atoms with Crippen molar-refractivity contribution in [3.8, 4) is 17.0 Å². The zero-order valence-electron chi connectivity index (χ0n) is 15.3. The maximum absolute atomic E-state index is 12.6. The van der Waals surface area contributed by atoms with Gasteiger partial charge in [-0.15, -0.1) is 0 Å². The van der Waals surface area contributed by atoms with Crippen molar-refractivity contribution in [3.05, 3.63) is 48.2 Å². The lowest BCUT2D eigenvalue weighted by atomic mass is 10.1. The van der Waals surface area contributed by atoms with E-state index in [1.165, 1.54) is 0 Å². The molecule has 1 atom stereocenters. The van der Waals surface area contributed by atoms with Crippen LogP contribution in [0.1, 0.15) is 10.4 Å². The normalized spacial score (nSPS) is 18.2. The van der Waals surface area contributed by atoms with E-state index in [0.717, 1.165) is 31.0 Å². The number of amides is 1. The Morgan fingerprint density at radius 3 is 3.12 bits per heavy atom. The maximum atomic E-state index is 12.6. The van der Waals surface area contributed by atoms with Crippen LogP contribution in [-0.4, -0.2) is 62.8 Å². The number of benzene rings is 1. The zero-order chi connectivity index (χ0) is 18.4. The molecule has 1 aliphatic rings. The minimum Gasteiger partial charge on any atom is -0.494 e. The van der Waals surface area contributed by atoms with Crippen molar-refractivity contribution in [2.24, 2.45) is 5.92 Å². The largest absolute Gasteiger partial charge is 0.494 e.